The van der Waals surface area contributed by atoms with E-state index in [1.54, 1.807) is 42.5 Å². The number of ether oxygens (including phenoxy) is 3. The van der Waals surface area contributed by atoms with Gasteiger partial charge in [0, 0.05) is 11.6 Å². The van der Waals surface area contributed by atoms with Gasteiger partial charge in [0.25, 0.3) is 0 Å². The lowest BCUT2D eigenvalue weighted by molar-refractivity contribution is 0.0734. The van der Waals surface area contributed by atoms with Crippen LogP contribution in [0.3, 0.4) is 0 Å². The number of esters is 1. The second-order valence-corrected chi connectivity index (χ2v) is 4.76. The van der Waals surface area contributed by atoms with Crippen LogP contribution in [0.4, 0.5) is 0 Å². The van der Waals surface area contributed by atoms with Gasteiger partial charge < -0.3 is 18.6 Å². The van der Waals surface area contributed by atoms with Gasteiger partial charge in [0.2, 0.25) is 12.3 Å². The fourth-order valence-corrected chi connectivity index (χ4v) is 2.06. The first-order valence-corrected chi connectivity index (χ1v) is 7.01. The zero-order valence-electron chi connectivity index (χ0n) is 13.1. The molecule has 7 nitrogen and oxygen atoms in total. The standard InChI is InChI=1S/C17H14N2O5/c1-21-14-7-12(8-15(9-14)22-2)17(20)24-13-5-3-11(4-6-13)16-19-18-10-23-16/h3-10H,1-2H3. The first-order valence-electron chi connectivity index (χ1n) is 7.01. The Hall–Kier alpha value is -3.35. The Kier molecular flexibility index (Phi) is 4.42. The number of aromatic nitrogens is 2. The summed E-state index contributed by atoms with van der Waals surface area (Å²) >= 11 is 0. The smallest absolute Gasteiger partial charge is 0.343 e. The molecule has 2 aromatic carbocycles. The Balaban J connectivity index is 1.77. The molecule has 0 fully saturated rings. The monoisotopic (exact) mass is 326 g/mol. The summed E-state index contributed by atoms with van der Waals surface area (Å²) in [5, 5.41) is 7.43. The van der Waals surface area contributed by atoms with Gasteiger partial charge in [-0.3, -0.25) is 0 Å². The molecule has 3 aromatic rings. The fourth-order valence-electron chi connectivity index (χ4n) is 2.06. The number of hydrogen-bond donors (Lipinski definition) is 0. The van der Waals surface area contributed by atoms with E-state index in [4.69, 9.17) is 18.6 Å². The molecule has 122 valence electrons. The summed E-state index contributed by atoms with van der Waals surface area (Å²) in [5.74, 6) is 1.29. The van der Waals surface area contributed by atoms with Crippen molar-refractivity contribution in [3.05, 3.63) is 54.4 Å². The second-order valence-electron chi connectivity index (χ2n) is 4.76. The van der Waals surface area contributed by atoms with Gasteiger partial charge in [0.1, 0.15) is 17.2 Å². The molecule has 0 saturated carbocycles. The van der Waals surface area contributed by atoms with Crippen LogP contribution >= 0.6 is 0 Å². The van der Waals surface area contributed by atoms with Crippen molar-refractivity contribution >= 4 is 5.97 Å². The van der Waals surface area contributed by atoms with E-state index >= 15 is 0 Å². The molecule has 1 heterocycles. The molecule has 0 aliphatic rings. The molecule has 0 amide bonds. The van der Waals surface area contributed by atoms with Crippen molar-refractivity contribution in [1.82, 2.24) is 10.2 Å². The molecule has 0 aliphatic carbocycles. The molecule has 0 N–H and O–H groups in total. The number of rotatable bonds is 5. The van der Waals surface area contributed by atoms with E-state index in [0.29, 0.717) is 28.7 Å². The molecule has 1 aromatic heterocycles. The molecule has 3 rings (SSSR count). The molecule has 0 radical (unpaired) electrons. The summed E-state index contributed by atoms with van der Waals surface area (Å²) in [6, 6.07) is 11.6. The maximum Gasteiger partial charge on any atom is 0.343 e. The van der Waals surface area contributed by atoms with E-state index in [9.17, 15) is 4.79 Å². The quantitative estimate of drug-likeness (QED) is 0.526. The minimum Gasteiger partial charge on any atom is -0.497 e. The second kappa shape index (κ2) is 6.82. The van der Waals surface area contributed by atoms with Gasteiger partial charge >= 0.3 is 5.97 Å². The van der Waals surface area contributed by atoms with Gasteiger partial charge in [-0.05, 0) is 36.4 Å². The van der Waals surface area contributed by atoms with Gasteiger partial charge in [-0.2, -0.15) is 0 Å². The van der Waals surface area contributed by atoms with Crippen LogP contribution in [0.15, 0.2) is 53.3 Å². The van der Waals surface area contributed by atoms with Crippen molar-refractivity contribution in [3.63, 3.8) is 0 Å². The summed E-state index contributed by atoms with van der Waals surface area (Å²) in [4.78, 5) is 12.3. The highest BCUT2D eigenvalue weighted by Crippen LogP contribution is 2.25. The average molecular weight is 326 g/mol. The molecule has 0 spiro atoms. The fraction of sp³-hybridized carbons (Fsp3) is 0.118. The van der Waals surface area contributed by atoms with E-state index in [2.05, 4.69) is 10.2 Å². The Morgan fingerprint density at radius 1 is 0.958 bits per heavy atom. The lowest BCUT2D eigenvalue weighted by atomic mass is 10.2. The topological polar surface area (TPSA) is 83.7 Å². The highest BCUT2D eigenvalue weighted by molar-refractivity contribution is 5.92. The molecular weight excluding hydrogens is 312 g/mol. The molecule has 0 bridgehead atoms. The van der Waals surface area contributed by atoms with Crippen molar-refractivity contribution in [2.24, 2.45) is 0 Å². The van der Waals surface area contributed by atoms with Crippen LogP contribution in [0.5, 0.6) is 17.2 Å². The van der Waals surface area contributed by atoms with Crippen LogP contribution in [-0.2, 0) is 0 Å². The van der Waals surface area contributed by atoms with Crippen molar-refractivity contribution in [3.8, 4) is 28.7 Å². The van der Waals surface area contributed by atoms with Gasteiger partial charge in [-0.1, -0.05) is 0 Å². The van der Waals surface area contributed by atoms with E-state index in [1.807, 2.05) is 0 Å². The lowest BCUT2D eigenvalue weighted by Crippen LogP contribution is -2.09. The number of benzene rings is 2. The number of carbonyl (C=O) groups is 1. The summed E-state index contributed by atoms with van der Waals surface area (Å²) in [6.45, 7) is 0. The third-order valence-electron chi connectivity index (χ3n) is 3.26. The predicted octanol–water partition coefficient (Wildman–Crippen LogP) is 2.97. The number of hydrogen-bond acceptors (Lipinski definition) is 7. The number of carbonyl (C=O) groups excluding carboxylic acids is 1. The van der Waals surface area contributed by atoms with Crippen LogP contribution in [0.2, 0.25) is 0 Å². The molecule has 0 aliphatic heterocycles. The lowest BCUT2D eigenvalue weighted by Gasteiger charge is -2.08. The molecule has 24 heavy (non-hydrogen) atoms. The van der Waals surface area contributed by atoms with E-state index in [0.717, 1.165) is 5.56 Å². The minimum absolute atomic E-state index is 0.326. The zero-order chi connectivity index (χ0) is 16.9. The predicted molar refractivity (Wildman–Crippen MR) is 84.2 cm³/mol. The van der Waals surface area contributed by atoms with E-state index in [1.165, 1.54) is 20.6 Å². The van der Waals surface area contributed by atoms with Gasteiger partial charge in [-0.15, -0.1) is 10.2 Å². The average Bonchev–Trinajstić information content (AvgIpc) is 3.16. The normalized spacial score (nSPS) is 10.2. The first kappa shape index (κ1) is 15.5. The highest BCUT2D eigenvalue weighted by Gasteiger charge is 2.13. The van der Waals surface area contributed by atoms with Crippen LogP contribution in [0.25, 0.3) is 11.5 Å². The van der Waals surface area contributed by atoms with Gasteiger partial charge in [0.15, 0.2) is 0 Å². The molecule has 0 saturated heterocycles. The van der Waals surface area contributed by atoms with Crippen LogP contribution in [0.1, 0.15) is 10.4 Å². The third-order valence-corrected chi connectivity index (χ3v) is 3.26. The Labute approximate surface area is 137 Å². The Morgan fingerprint density at radius 2 is 1.62 bits per heavy atom. The maximum absolute atomic E-state index is 12.3. The number of nitrogens with zero attached hydrogens (tertiary/aromatic N) is 2. The van der Waals surface area contributed by atoms with Crippen molar-refractivity contribution in [2.45, 2.75) is 0 Å². The van der Waals surface area contributed by atoms with Crippen molar-refractivity contribution in [1.29, 1.82) is 0 Å². The summed E-state index contributed by atoms with van der Waals surface area (Å²) in [6.07, 6.45) is 1.25. The highest BCUT2D eigenvalue weighted by atomic mass is 16.5. The largest absolute Gasteiger partial charge is 0.497 e. The zero-order valence-corrected chi connectivity index (χ0v) is 13.1. The van der Waals surface area contributed by atoms with Crippen LogP contribution in [0, 0.1) is 0 Å². The third kappa shape index (κ3) is 3.35. The SMILES string of the molecule is COc1cc(OC)cc(C(=O)Oc2ccc(-c3nnco3)cc2)c1. The van der Waals surface area contributed by atoms with Gasteiger partial charge in [0.05, 0.1) is 19.8 Å². The first-order chi connectivity index (χ1) is 11.7. The van der Waals surface area contributed by atoms with Crippen LogP contribution in [-0.4, -0.2) is 30.4 Å². The summed E-state index contributed by atoms with van der Waals surface area (Å²) in [7, 11) is 3.03. The molecule has 0 atom stereocenters. The summed E-state index contributed by atoms with van der Waals surface area (Å²) < 4.78 is 20.7. The van der Waals surface area contributed by atoms with Crippen LogP contribution < -0.4 is 14.2 Å². The van der Waals surface area contributed by atoms with E-state index in [-0.39, 0.29) is 0 Å². The molecular formula is C17H14N2O5. The van der Waals surface area contributed by atoms with Crippen molar-refractivity contribution in [2.75, 3.05) is 14.2 Å². The Bertz CT molecular complexity index is 806. The molecule has 0 unspecified atom stereocenters. The van der Waals surface area contributed by atoms with Crippen molar-refractivity contribution < 1.29 is 23.4 Å². The maximum atomic E-state index is 12.3. The Morgan fingerprint density at radius 3 is 2.17 bits per heavy atom. The van der Waals surface area contributed by atoms with Gasteiger partial charge in [-0.25, -0.2) is 4.79 Å². The number of methoxy groups -OCH3 is 2. The minimum atomic E-state index is -0.516. The molecule has 7 heteroatoms. The summed E-state index contributed by atoms with van der Waals surface area (Å²) in [5.41, 5.74) is 1.06. The van der Waals surface area contributed by atoms with E-state index < -0.39 is 5.97 Å².